The lowest BCUT2D eigenvalue weighted by Gasteiger charge is -2.31. The molecular formula is C12H12N2OS. The Morgan fingerprint density at radius 2 is 2.50 bits per heavy atom. The molecule has 16 heavy (non-hydrogen) atoms. The standard InChI is InChI=1S/C12H12N2OS/c15-12(11-5-2-6-16-11)14-13-10-7-8-3-1-4-9(8)10/h1-3,5-6,8-9H,4,7H2,(H,14,15)/b13-10-/t8-,9+/m0/s1. The van der Waals surface area contributed by atoms with Gasteiger partial charge in [-0.15, -0.1) is 11.3 Å². The van der Waals surface area contributed by atoms with Gasteiger partial charge in [0.25, 0.3) is 5.91 Å². The molecule has 0 saturated heterocycles. The van der Waals surface area contributed by atoms with Gasteiger partial charge >= 0.3 is 0 Å². The molecule has 0 bridgehead atoms. The highest BCUT2D eigenvalue weighted by Gasteiger charge is 2.37. The van der Waals surface area contributed by atoms with Gasteiger partial charge < -0.3 is 0 Å². The van der Waals surface area contributed by atoms with Crippen molar-refractivity contribution in [2.24, 2.45) is 16.9 Å². The maximum Gasteiger partial charge on any atom is 0.281 e. The highest BCUT2D eigenvalue weighted by molar-refractivity contribution is 7.12. The van der Waals surface area contributed by atoms with Crippen LogP contribution in [0.15, 0.2) is 34.8 Å². The van der Waals surface area contributed by atoms with E-state index >= 15 is 0 Å². The second kappa shape index (κ2) is 3.87. The van der Waals surface area contributed by atoms with E-state index in [1.807, 2.05) is 11.4 Å². The number of allylic oxidation sites excluding steroid dienone is 2. The van der Waals surface area contributed by atoms with Crippen LogP contribution in [0.25, 0.3) is 0 Å². The smallest absolute Gasteiger partial charge is 0.266 e. The Bertz CT molecular complexity index is 461. The Hall–Kier alpha value is -1.42. The van der Waals surface area contributed by atoms with E-state index in [9.17, 15) is 4.79 Å². The van der Waals surface area contributed by atoms with E-state index < -0.39 is 0 Å². The van der Waals surface area contributed by atoms with Gasteiger partial charge in [-0.05, 0) is 30.2 Å². The molecule has 1 aromatic heterocycles. The normalized spacial score (nSPS) is 28.9. The van der Waals surface area contributed by atoms with Crippen LogP contribution in [0, 0.1) is 11.8 Å². The number of nitrogens with zero attached hydrogens (tertiary/aromatic N) is 1. The molecule has 1 amide bonds. The quantitative estimate of drug-likeness (QED) is 0.617. The lowest BCUT2D eigenvalue weighted by Crippen LogP contribution is -2.35. The van der Waals surface area contributed by atoms with E-state index in [0.29, 0.717) is 16.7 Å². The van der Waals surface area contributed by atoms with Crippen LogP contribution in [0.3, 0.4) is 0 Å². The van der Waals surface area contributed by atoms with Crippen LogP contribution in [-0.2, 0) is 0 Å². The number of hydrogen-bond acceptors (Lipinski definition) is 3. The van der Waals surface area contributed by atoms with Crippen molar-refractivity contribution in [2.45, 2.75) is 12.8 Å². The highest BCUT2D eigenvalue weighted by Crippen LogP contribution is 2.40. The third-order valence-corrected chi connectivity index (χ3v) is 4.08. The van der Waals surface area contributed by atoms with Gasteiger partial charge in [-0.2, -0.15) is 5.10 Å². The number of thiophene rings is 1. The Kier molecular flexibility index (Phi) is 2.36. The van der Waals surface area contributed by atoms with Crippen molar-refractivity contribution in [3.8, 4) is 0 Å². The molecule has 1 saturated carbocycles. The third-order valence-electron chi connectivity index (χ3n) is 3.21. The molecule has 0 unspecified atom stereocenters. The molecule has 3 rings (SSSR count). The number of rotatable bonds is 2. The molecule has 0 spiro atoms. The Morgan fingerprint density at radius 1 is 1.56 bits per heavy atom. The summed E-state index contributed by atoms with van der Waals surface area (Å²) in [5.74, 6) is 1.14. The minimum atomic E-state index is -0.100. The summed E-state index contributed by atoms with van der Waals surface area (Å²) < 4.78 is 0. The first kappa shape index (κ1) is 9.78. The fourth-order valence-corrected chi connectivity index (χ4v) is 2.86. The molecule has 0 aliphatic heterocycles. The SMILES string of the molecule is O=C(N/N=C1/C[C@@H]2C=CC[C@@H]12)c1cccs1. The number of fused-ring (bicyclic) bond motifs is 1. The minimum absolute atomic E-state index is 0.100. The van der Waals surface area contributed by atoms with Gasteiger partial charge in [-0.1, -0.05) is 18.2 Å². The zero-order chi connectivity index (χ0) is 11.0. The van der Waals surface area contributed by atoms with Crippen molar-refractivity contribution in [3.05, 3.63) is 34.5 Å². The van der Waals surface area contributed by atoms with Gasteiger partial charge in [0.1, 0.15) is 0 Å². The number of amides is 1. The maximum absolute atomic E-state index is 11.6. The predicted octanol–water partition coefficient (Wildman–Crippen LogP) is 2.43. The van der Waals surface area contributed by atoms with E-state index in [2.05, 4.69) is 22.7 Å². The first-order valence-electron chi connectivity index (χ1n) is 5.41. The van der Waals surface area contributed by atoms with Gasteiger partial charge in [-0.25, -0.2) is 5.43 Å². The number of carbonyl (C=O) groups excluding carboxylic acids is 1. The summed E-state index contributed by atoms with van der Waals surface area (Å²) in [6.07, 6.45) is 6.55. The molecule has 0 aromatic carbocycles. The zero-order valence-electron chi connectivity index (χ0n) is 8.72. The Morgan fingerprint density at radius 3 is 3.25 bits per heavy atom. The summed E-state index contributed by atoms with van der Waals surface area (Å²) in [6.45, 7) is 0. The molecule has 1 heterocycles. The Labute approximate surface area is 97.9 Å². The van der Waals surface area contributed by atoms with Crippen molar-refractivity contribution in [2.75, 3.05) is 0 Å². The minimum Gasteiger partial charge on any atom is -0.266 e. The number of carbonyl (C=O) groups is 1. The fourth-order valence-electron chi connectivity index (χ4n) is 2.25. The molecular weight excluding hydrogens is 220 g/mol. The lowest BCUT2D eigenvalue weighted by molar-refractivity contribution is 0.0958. The van der Waals surface area contributed by atoms with Crippen molar-refractivity contribution in [1.29, 1.82) is 0 Å². The predicted molar refractivity (Wildman–Crippen MR) is 64.6 cm³/mol. The van der Waals surface area contributed by atoms with Crippen LogP contribution < -0.4 is 5.43 Å². The monoisotopic (exact) mass is 232 g/mol. The highest BCUT2D eigenvalue weighted by atomic mass is 32.1. The second-order valence-electron chi connectivity index (χ2n) is 4.16. The average molecular weight is 232 g/mol. The third kappa shape index (κ3) is 1.59. The van der Waals surface area contributed by atoms with Crippen molar-refractivity contribution in [1.82, 2.24) is 5.43 Å². The van der Waals surface area contributed by atoms with Gasteiger partial charge in [0.15, 0.2) is 0 Å². The number of hydrogen-bond donors (Lipinski definition) is 1. The van der Waals surface area contributed by atoms with E-state index in [4.69, 9.17) is 0 Å². The van der Waals surface area contributed by atoms with E-state index in [1.54, 1.807) is 6.07 Å². The largest absolute Gasteiger partial charge is 0.281 e. The van der Waals surface area contributed by atoms with E-state index in [0.717, 1.165) is 18.6 Å². The number of hydrazone groups is 1. The van der Waals surface area contributed by atoms with Gasteiger partial charge in [0, 0.05) is 11.6 Å². The van der Waals surface area contributed by atoms with Crippen LogP contribution >= 0.6 is 11.3 Å². The van der Waals surface area contributed by atoms with Gasteiger partial charge in [0.05, 0.1) is 4.88 Å². The fraction of sp³-hybridized carbons (Fsp3) is 0.333. The van der Waals surface area contributed by atoms with Crippen LogP contribution in [-0.4, -0.2) is 11.6 Å². The molecule has 1 N–H and O–H groups in total. The van der Waals surface area contributed by atoms with Crippen LogP contribution in [0.2, 0.25) is 0 Å². The molecule has 1 aromatic rings. The summed E-state index contributed by atoms with van der Waals surface area (Å²) >= 11 is 1.43. The summed E-state index contributed by atoms with van der Waals surface area (Å²) in [7, 11) is 0. The summed E-state index contributed by atoms with van der Waals surface area (Å²) in [6, 6.07) is 3.67. The first-order chi connectivity index (χ1) is 7.84. The summed E-state index contributed by atoms with van der Waals surface area (Å²) in [5, 5.41) is 6.10. The van der Waals surface area contributed by atoms with Crippen LogP contribution in [0.5, 0.6) is 0 Å². The molecule has 82 valence electrons. The van der Waals surface area contributed by atoms with Gasteiger partial charge in [-0.3, -0.25) is 4.79 Å². The summed E-state index contributed by atoms with van der Waals surface area (Å²) in [4.78, 5) is 12.3. The molecule has 4 heteroatoms. The number of nitrogens with one attached hydrogen (secondary N) is 1. The molecule has 0 radical (unpaired) electrons. The van der Waals surface area contributed by atoms with Crippen molar-refractivity contribution >= 4 is 23.0 Å². The van der Waals surface area contributed by atoms with Crippen molar-refractivity contribution in [3.63, 3.8) is 0 Å². The molecule has 2 atom stereocenters. The second-order valence-corrected chi connectivity index (χ2v) is 5.11. The first-order valence-corrected chi connectivity index (χ1v) is 6.29. The van der Waals surface area contributed by atoms with Crippen molar-refractivity contribution < 1.29 is 4.79 Å². The topological polar surface area (TPSA) is 41.5 Å². The molecule has 3 nitrogen and oxygen atoms in total. The summed E-state index contributed by atoms with van der Waals surface area (Å²) in [5.41, 5.74) is 3.77. The van der Waals surface area contributed by atoms with Crippen LogP contribution in [0.1, 0.15) is 22.5 Å². The maximum atomic E-state index is 11.6. The molecule has 2 aliphatic rings. The van der Waals surface area contributed by atoms with Crippen LogP contribution in [0.4, 0.5) is 0 Å². The molecule has 2 aliphatic carbocycles. The zero-order valence-corrected chi connectivity index (χ0v) is 9.54. The average Bonchev–Trinajstić information content (AvgIpc) is 2.88. The van der Waals surface area contributed by atoms with E-state index in [1.165, 1.54) is 11.3 Å². The molecule has 1 fully saturated rings. The van der Waals surface area contributed by atoms with Gasteiger partial charge in [0.2, 0.25) is 0 Å². The lowest BCUT2D eigenvalue weighted by atomic mass is 9.74. The Balaban J connectivity index is 1.61. The van der Waals surface area contributed by atoms with E-state index in [-0.39, 0.29) is 5.91 Å².